The van der Waals surface area contributed by atoms with E-state index in [0.717, 1.165) is 150 Å². The molecule has 8 heterocycles. The van der Waals surface area contributed by atoms with Crippen molar-refractivity contribution in [3.63, 3.8) is 0 Å². The van der Waals surface area contributed by atoms with E-state index in [1.54, 1.807) is 12.1 Å². The van der Waals surface area contributed by atoms with Gasteiger partial charge < -0.3 is 39.4 Å². The number of likely N-dealkylation sites (tertiary alicyclic amines) is 2. The van der Waals surface area contributed by atoms with Gasteiger partial charge in [0.2, 0.25) is 0 Å². The molecule has 2 aromatic carbocycles. The van der Waals surface area contributed by atoms with Crippen LogP contribution < -0.4 is 10.6 Å². The molecular weight excluding hydrogens is 1020 g/mol. The molecule has 6 aliphatic rings. The van der Waals surface area contributed by atoms with E-state index in [4.69, 9.17) is 33.7 Å². The average Bonchev–Trinajstić information content (AvgIpc) is 4.16. The largest absolute Gasteiger partial charge is 0.480 e. The molecule has 0 radical (unpaired) electrons. The van der Waals surface area contributed by atoms with Crippen LogP contribution in [0.1, 0.15) is 194 Å². The number of anilines is 2. The molecule has 4 aromatic rings. The number of rotatable bonds is 20. The monoisotopic (exact) mass is 1110 g/mol. The molecule has 4 unspecified atom stereocenters. The Morgan fingerprint density at radius 3 is 1.57 bits per heavy atom. The smallest absolute Gasteiger partial charge is 0.328 e. The van der Waals surface area contributed by atoms with E-state index in [1.165, 1.54) is 35.4 Å². The SMILES string of the molecule is CC1CCc2ccc(CCCCO[C@@H]3CCN(C(C(=O)O)c4cc(F)ccc4[C@@H]4CCCCO4)C3)nc2N1.CC1CCc2ccc(CCCCO[C@@H]3CCN(C(C(=O)OC(C)(C)C)c4cc(F)ccc4[C@@H]4CCCCO4)C3)nc2N1. The van der Waals surface area contributed by atoms with Crippen molar-refractivity contribution in [2.24, 2.45) is 0 Å². The first-order valence-corrected chi connectivity index (χ1v) is 30.1. The number of hydrogen-bond donors (Lipinski definition) is 3. The Morgan fingerprint density at radius 1 is 0.650 bits per heavy atom. The van der Waals surface area contributed by atoms with Gasteiger partial charge in [-0.25, -0.2) is 23.5 Å². The molecule has 8 atom stereocenters. The van der Waals surface area contributed by atoms with Gasteiger partial charge in [0.15, 0.2) is 0 Å². The zero-order valence-electron chi connectivity index (χ0n) is 48.1. The molecule has 16 heteroatoms. The predicted octanol–water partition coefficient (Wildman–Crippen LogP) is 12.2. The molecule has 6 aliphatic heterocycles. The van der Waals surface area contributed by atoms with Crippen molar-refractivity contribution >= 4 is 23.6 Å². The second-order valence-corrected chi connectivity index (χ2v) is 24.2. The number of unbranched alkanes of at least 4 members (excludes halogenated alkanes) is 2. The number of nitrogens with zero attached hydrogens (tertiary/aromatic N) is 4. The van der Waals surface area contributed by atoms with Crippen LogP contribution in [-0.2, 0) is 59.0 Å². The molecule has 436 valence electrons. The maximum absolute atomic E-state index is 14.7. The summed E-state index contributed by atoms with van der Waals surface area (Å²) in [7, 11) is 0. The first-order chi connectivity index (χ1) is 38.6. The number of hydrogen-bond acceptors (Lipinski definition) is 13. The lowest BCUT2D eigenvalue weighted by molar-refractivity contribution is -0.161. The van der Waals surface area contributed by atoms with Crippen molar-refractivity contribution in [2.45, 2.75) is 204 Å². The van der Waals surface area contributed by atoms with E-state index in [2.05, 4.69) is 53.6 Å². The number of fused-ring (bicyclic) bond motifs is 2. The summed E-state index contributed by atoms with van der Waals surface area (Å²) in [5.41, 5.74) is 7.03. The molecule has 0 bridgehead atoms. The molecule has 14 nitrogen and oxygen atoms in total. The number of aryl methyl sites for hydroxylation is 4. The summed E-state index contributed by atoms with van der Waals surface area (Å²) in [5, 5.41) is 17.2. The molecule has 0 saturated carbocycles. The fraction of sp³-hybridized carbons (Fsp3) is 0.625. The van der Waals surface area contributed by atoms with Gasteiger partial charge in [0, 0.05) is 76.1 Å². The summed E-state index contributed by atoms with van der Waals surface area (Å²) in [6, 6.07) is 17.3. The van der Waals surface area contributed by atoms with Crippen LogP contribution in [0.5, 0.6) is 0 Å². The van der Waals surface area contributed by atoms with Gasteiger partial charge in [0.05, 0.1) is 24.4 Å². The highest BCUT2D eigenvalue weighted by molar-refractivity contribution is 5.79. The molecule has 80 heavy (non-hydrogen) atoms. The summed E-state index contributed by atoms with van der Waals surface area (Å²) in [5.74, 6) is -0.0139. The topological polar surface area (TPSA) is 157 Å². The number of carbonyl (C=O) groups excluding carboxylic acids is 1. The standard InChI is InChI=1S/C34H48FN3O4.C30H40FN3O4/c1-23-11-12-24-13-15-26(37-32(24)36-23)9-5-7-19-40-27-17-18-38(22-27)31(33(39)42-34(2,3)4)29-21-25(35)14-16-28(29)30-10-6-8-20-41-30;1-20-8-9-21-10-12-23(33-29(21)32-20)6-2-4-16-37-24-14-15-34(19-24)28(30(35)36)26-18-22(31)11-13-25(26)27-7-3-5-17-38-27/h13-16,21,23,27,30-31H,5-12,17-20,22H2,1-4H3,(H,36,37);10-13,18,20,24,27-28H,2-9,14-17,19H2,1H3,(H,32,33)(H,35,36)/t23?,27-,30+,31?;20?,24-,27+,28?/m11/s1. The Labute approximate surface area is 473 Å². The highest BCUT2D eigenvalue weighted by Gasteiger charge is 2.40. The lowest BCUT2D eigenvalue weighted by atomic mass is 9.92. The van der Waals surface area contributed by atoms with Crippen molar-refractivity contribution in [3.05, 3.63) is 117 Å². The van der Waals surface area contributed by atoms with E-state index in [0.29, 0.717) is 75.8 Å². The minimum Gasteiger partial charge on any atom is -0.480 e. The summed E-state index contributed by atoms with van der Waals surface area (Å²) in [4.78, 5) is 39.8. The third-order valence-corrected chi connectivity index (χ3v) is 16.6. The number of aliphatic carboxylic acids is 1. The highest BCUT2D eigenvalue weighted by atomic mass is 19.1. The average molecular weight is 1110 g/mol. The second-order valence-electron chi connectivity index (χ2n) is 24.2. The van der Waals surface area contributed by atoms with Crippen LogP contribution in [0.3, 0.4) is 0 Å². The molecule has 4 saturated heterocycles. The molecule has 3 N–H and O–H groups in total. The van der Waals surface area contributed by atoms with Crippen LogP contribution >= 0.6 is 0 Å². The summed E-state index contributed by atoms with van der Waals surface area (Å²) in [6.45, 7) is 15.0. The number of pyridine rings is 2. The molecule has 0 aliphatic carbocycles. The number of carboxylic acid groups (broad SMARTS) is 1. The summed E-state index contributed by atoms with van der Waals surface area (Å²) in [6.07, 6.45) is 17.2. The Kier molecular flexibility index (Phi) is 21.0. The fourth-order valence-electron chi connectivity index (χ4n) is 12.3. The lowest BCUT2D eigenvalue weighted by Gasteiger charge is -2.33. The number of carboxylic acids is 1. The second kappa shape index (κ2) is 28.3. The zero-order valence-corrected chi connectivity index (χ0v) is 48.1. The Morgan fingerprint density at radius 2 is 1.12 bits per heavy atom. The van der Waals surface area contributed by atoms with E-state index >= 15 is 0 Å². The maximum Gasteiger partial charge on any atom is 0.328 e. The molecule has 0 spiro atoms. The van der Waals surface area contributed by atoms with Crippen molar-refractivity contribution in [1.82, 2.24) is 19.8 Å². The van der Waals surface area contributed by atoms with E-state index < -0.39 is 29.5 Å². The van der Waals surface area contributed by atoms with Crippen LogP contribution in [0.2, 0.25) is 0 Å². The third-order valence-electron chi connectivity index (χ3n) is 16.6. The van der Waals surface area contributed by atoms with Crippen LogP contribution in [0.4, 0.5) is 20.4 Å². The number of esters is 1. The van der Waals surface area contributed by atoms with Crippen molar-refractivity contribution in [2.75, 3.05) is 63.2 Å². The van der Waals surface area contributed by atoms with Gasteiger partial charge in [0.25, 0.3) is 0 Å². The van der Waals surface area contributed by atoms with Gasteiger partial charge in [-0.1, -0.05) is 24.3 Å². The predicted molar refractivity (Wildman–Crippen MR) is 306 cm³/mol. The Balaban J connectivity index is 0.000000195. The molecule has 4 fully saturated rings. The quantitative estimate of drug-likeness (QED) is 0.0567. The van der Waals surface area contributed by atoms with Crippen molar-refractivity contribution in [3.8, 4) is 0 Å². The van der Waals surface area contributed by atoms with Gasteiger partial charge in [-0.3, -0.25) is 14.6 Å². The van der Waals surface area contributed by atoms with Gasteiger partial charge in [-0.05, 0) is 220 Å². The van der Waals surface area contributed by atoms with Crippen LogP contribution in [0.15, 0.2) is 60.7 Å². The van der Waals surface area contributed by atoms with Gasteiger partial charge >= 0.3 is 11.9 Å². The minimum absolute atomic E-state index is 0.0189. The number of carbonyl (C=O) groups is 2. The van der Waals surface area contributed by atoms with Crippen LogP contribution in [-0.4, -0.2) is 119 Å². The minimum atomic E-state index is -0.963. The van der Waals surface area contributed by atoms with Gasteiger partial charge in [0.1, 0.15) is 41.0 Å². The number of halogens is 2. The number of aromatic nitrogens is 2. The lowest BCUT2D eigenvalue weighted by Crippen LogP contribution is -2.38. The Hall–Kier alpha value is -5.10. The molecule has 2 aromatic heterocycles. The zero-order chi connectivity index (χ0) is 56.2. The first kappa shape index (κ1) is 59.5. The fourth-order valence-corrected chi connectivity index (χ4v) is 12.3. The number of ether oxygens (including phenoxy) is 5. The van der Waals surface area contributed by atoms with Gasteiger partial charge in [-0.15, -0.1) is 0 Å². The number of nitrogens with one attached hydrogen (secondary N) is 2. The van der Waals surface area contributed by atoms with E-state index in [1.807, 2.05) is 25.7 Å². The Bertz CT molecular complexity index is 2680. The van der Waals surface area contributed by atoms with E-state index in [-0.39, 0.29) is 36.2 Å². The summed E-state index contributed by atoms with van der Waals surface area (Å²) < 4.78 is 59.3. The number of benzene rings is 2. The van der Waals surface area contributed by atoms with Crippen LogP contribution in [0, 0.1) is 11.6 Å². The van der Waals surface area contributed by atoms with Crippen molar-refractivity contribution in [1.29, 1.82) is 0 Å². The molecule has 0 amide bonds. The summed E-state index contributed by atoms with van der Waals surface area (Å²) >= 11 is 0. The molecule has 10 rings (SSSR count). The van der Waals surface area contributed by atoms with Crippen LogP contribution in [0.25, 0.3) is 0 Å². The van der Waals surface area contributed by atoms with Crippen molar-refractivity contribution < 1.29 is 47.2 Å². The first-order valence-electron chi connectivity index (χ1n) is 30.1. The third kappa shape index (κ3) is 16.3. The van der Waals surface area contributed by atoms with Gasteiger partial charge in [-0.2, -0.15) is 0 Å². The highest BCUT2D eigenvalue weighted by Crippen LogP contribution is 2.40. The normalized spacial score (nSPS) is 24.1. The maximum atomic E-state index is 14.7. The van der Waals surface area contributed by atoms with E-state index in [9.17, 15) is 23.5 Å². The molecular formula is C64H88F2N6O8.